The number of halogens is 1. The van der Waals surface area contributed by atoms with E-state index >= 15 is 0 Å². The van der Waals surface area contributed by atoms with Crippen LogP contribution in [0.25, 0.3) is 0 Å². The van der Waals surface area contributed by atoms with Crippen LogP contribution in [0.2, 0.25) is 0 Å². The van der Waals surface area contributed by atoms with E-state index in [9.17, 15) is 19.9 Å². The van der Waals surface area contributed by atoms with Crippen molar-refractivity contribution in [3.8, 4) is 0 Å². The highest BCUT2D eigenvalue weighted by Crippen LogP contribution is 2.21. The monoisotopic (exact) mass is 379 g/mol. The Labute approximate surface area is 154 Å². The van der Waals surface area contributed by atoms with Crippen LogP contribution in [0.4, 0.5) is 0 Å². The first kappa shape index (κ1) is 19.5. The molecule has 0 amide bonds. The van der Waals surface area contributed by atoms with Crippen molar-refractivity contribution >= 4 is 29.3 Å². The summed E-state index contributed by atoms with van der Waals surface area (Å²) in [5, 5.41) is 34.8. The van der Waals surface area contributed by atoms with Crippen LogP contribution in [0.3, 0.4) is 0 Å². The zero-order valence-electron chi connectivity index (χ0n) is 13.9. The highest BCUT2D eigenvalue weighted by Gasteiger charge is 2.25. The number of hydrogen-bond acceptors (Lipinski definition) is 5. The van der Waals surface area contributed by atoms with Crippen LogP contribution in [-0.4, -0.2) is 48.2 Å². The predicted molar refractivity (Wildman–Crippen MR) is 94.3 cm³/mol. The number of benzene rings is 1. The summed E-state index contributed by atoms with van der Waals surface area (Å²) in [7, 11) is 0. The van der Waals surface area contributed by atoms with Gasteiger partial charge in [0.15, 0.2) is 5.69 Å². The quantitative estimate of drug-likeness (QED) is 0.280. The van der Waals surface area contributed by atoms with E-state index in [0.29, 0.717) is 17.7 Å². The summed E-state index contributed by atoms with van der Waals surface area (Å²) >= 11 is 6.11. The molecule has 2 atom stereocenters. The molecule has 2 aromatic rings. The Balaban J connectivity index is 2.43. The molecule has 0 saturated carbocycles. The van der Waals surface area contributed by atoms with Crippen LogP contribution >= 0.6 is 11.6 Å². The largest absolute Gasteiger partial charge is 0.477 e. The van der Waals surface area contributed by atoms with Crippen molar-refractivity contribution in [2.75, 3.05) is 0 Å². The molecular formula is C17H18ClN3O5. The highest BCUT2D eigenvalue weighted by atomic mass is 35.5. The molecule has 3 N–H and O–H groups in total. The minimum absolute atomic E-state index is 0.000259. The Morgan fingerprint density at radius 3 is 2.38 bits per heavy atom. The molecule has 0 spiro atoms. The maximum absolute atomic E-state index is 11.4. The minimum atomic E-state index is -1.33. The Kier molecular flexibility index (Phi) is 6.35. The molecule has 1 aromatic carbocycles. The molecule has 138 valence electrons. The number of carbonyl (C=O) groups is 2. The van der Waals surface area contributed by atoms with Gasteiger partial charge in [0.2, 0.25) is 0 Å². The second kappa shape index (κ2) is 8.48. The van der Waals surface area contributed by atoms with Gasteiger partial charge in [-0.3, -0.25) is 4.68 Å². The van der Waals surface area contributed by atoms with Gasteiger partial charge in [-0.15, -0.1) is 11.6 Å². The zero-order chi connectivity index (χ0) is 19.3. The summed E-state index contributed by atoms with van der Waals surface area (Å²) in [6.07, 6.45) is 0.372. The fourth-order valence-corrected chi connectivity index (χ4v) is 2.91. The Morgan fingerprint density at radius 1 is 1.23 bits per heavy atom. The third kappa shape index (κ3) is 4.60. The van der Waals surface area contributed by atoms with Crippen LogP contribution in [-0.2, 0) is 6.54 Å². The van der Waals surface area contributed by atoms with Gasteiger partial charge in [-0.2, -0.15) is 5.10 Å². The number of rotatable bonds is 8. The molecule has 0 aliphatic carbocycles. The summed E-state index contributed by atoms with van der Waals surface area (Å²) in [6.45, 7) is 1.76. The molecule has 8 nitrogen and oxygen atoms in total. The lowest BCUT2D eigenvalue weighted by atomic mass is 9.92. The van der Waals surface area contributed by atoms with E-state index in [2.05, 4.69) is 10.3 Å². The molecule has 0 aliphatic rings. The van der Waals surface area contributed by atoms with Gasteiger partial charge in [0.1, 0.15) is 5.69 Å². The molecular weight excluding hydrogens is 362 g/mol. The molecule has 1 heterocycles. The number of carboxylic acids is 2. The first-order chi connectivity index (χ1) is 12.3. The van der Waals surface area contributed by atoms with Crippen LogP contribution in [0.5, 0.6) is 0 Å². The molecule has 2 rings (SSSR count). The molecule has 2 unspecified atom stereocenters. The average Bonchev–Trinajstić information content (AvgIpc) is 3.00. The lowest BCUT2D eigenvalue weighted by molar-refractivity contribution is 0.0674. The standard InChI is InChI=1S/C17H18ClN3O5/c1-10(18)7-12(15(20-26)11-5-3-2-4-6-11)9-21-14(17(24)25)8-13(19-21)16(22)23/h2-6,8,10,12,26H,7,9H2,1H3,(H,22,23)(H,24,25). The fraction of sp³-hybridized carbons (Fsp3) is 0.294. The van der Waals surface area contributed by atoms with Crippen molar-refractivity contribution in [1.82, 2.24) is 9.78 Å². The van der Waals surface area contributed by atoms with E-state index < -0.39 is 17.9 Å². The van der Waals surface area contributed by atoms with Gasteiger partial charge < -0.3 is 15.4 Å². The Morgan fingerprint density at radius 2 is 1.88 bits per heavy atom. The molecule has 0 fully saturated rings. The van der Waals surface area contributed by atoms with Crippen LogP contribution < -0.4 is 0 Å². The van der Waals surface area contributed by atoms with Gasteiger partial charge in [0.25, 0.3) is 0 Å². The van der Waals surface area contributed by atoms with Crippen LogP contribution in [0, 0.1) is 5.92 Å². The number of oxime groups is 1. The summed E-state index contributed by atoms with van der Waals surface area (Å²) in [5.41, 5.74) is 0.337. The number of alkyl halides is 1. The van der Waals surface area contributed by atoms with E-state index in [1.807, 2.05) is 6.07 Å². The maximum Gasteiger partial charge on any atom is 0.356 e. The second-order valence-corrected chi connectivity index (χ2v) is 6.52. The van der Waals surface area contributed by atoms with Crippen molar-refractivity contribution in [3.63, 3.8) is 0 Å². The lowest BCUT2D eigenvalue weighted by Crippen LogP contribution is -2.26. The fourth-order valence-electron chi connectivity index (χ4n) is 2.69. The third-order valence-corrected chi connectivity index (χ3v) is 3.96. The average molecular weight is 380 g/mol. The number of carboxylic acid groups (broad SMARTS) is 2. The van der Waals surface area contributed by atoms with Crippen LogP contribution in [0.15, 0.2) is 41.6 Å². The summed E-state index contributed by atoms with van der Waals surface area (Å²) in [4.78, 5) is 22.5. The number of nitrogens with zero attached hydrogens (tertiary/aromatic N) is 3. The van der Waals surface area contributed by atoms with Gasteiger partial charge in [-0.25, -0.2) is 9.59 Å². The molecule has 9 heteroatoms. The van der Waals surface area contributed by atoms with Crippen molar-refractivity contribution in [2.24, 2.45) is 11.1 Å². The number of hydrogen-bond donors (Lipinski definition) is 3. The topological polar surface area (TPSA) is 125 Å². The van der Waals surface area contributed by atoms with E-state index in [1.165, 1.54) is 0 Å². The molecule has 0 saturated heterocycles. The van der Waals surface area contributed by atoms with E-state index in [-0.39, 0.29) is 23.3 Å². The normalized spacial score (nSPS) is 14.0. The first-order valence-corrected chi connectivity index (χ1v) is 8.23. The maximum atomic E-state index is 11.4. The number of aromatic carboxylic acids is 2. The minimum Gasteiger partial charge on any atom is -0.477 e. The SMILES string of the molecule is CC(Cl)CC(Cn1nc(C(=O)O)cc1C(=O)O)C(=NO)c1ccccc1. The highest BCUT2D eigenvalue weighted by molar-refractivity contribution is 6.20. The summed E-state index contributed by atoms with van der Waals surface area (Å²) in [6, 6.07) is 9.87. The van der Waals surface area contributed by atoms with Gasteiger partial charge in [-0.1, -0.05) is 35.5 Å². The van der Waals surface area contributed by atoms with Gasteiger partial charge in [0, 0.05) is 17.4 Å². The molecule has 26 heavy (non-hydrogen) atoms. The van der Waals surface area contributed by atoms with E-state index in [0.717, 1.165) is 10.7 Å². The molecule has 0 radical (unpaired) electrons. The molecule has 0 bridgehead atoms. The summed E-state index contributed by atoms with van der Waals surface area (Å²) < 4.78 is 1.09. The van der Waals surface area contributed by atoms with Gasteiger partial charge >= 0.3 is 11.9 Å². The van der Waals surface area contributed by atoms with Crippen molar-refractivity contribution in [2.45, 2.75) is 25.3 Å². The zero-order valence-corrected chi connectivity index (χ0v) is 14.7. The van der Waals surface area contributed by atoms with E-state index in [1.54, 1.807) is 31.2 Å². The van der Waals surface area contributed by atoms with Crippen LogP contribution in [0.1, 0.15) is 39.9 Å². The van der Waals surface area contributed by atoms with Crippen molar-refractivity contribution < 1.29 is 25.0 Å². The Bertz CT molecular complexity index is 817. The lowest BCUT2D eigenvalue weighted by Gasteiger charge is -2.20. The van der Waals surface area contributed by atoms with Gasteiger partial charge in [0.05, 0.1) is 12.3 Å². The smallest absolute Gasteiger partial charge is 0.356 e. The van der Waals surface area contributed by atoms with E-state index in [4.69, 9.17) is 16.7 Å². The molecule has 0 aliphatic heterocycles. The number of aromatic nitrogens is 2. The second-order valence-electron chi connectivity index (χ2n) is 5.77. The van der Waals surface area contributed by atoms with Gasteiger partial charge in [-0.05, 0) is 18.9 Å². The predicted octanol–water partition coefficient (Wildman–Crippen LogP) is 2.79. The van der Waals surface area contributed by atoms with Crippen molar-refractivity contribution in [1.29, 1.82) is 0 Å². The molecule has 1 aromatic heterocycles. The first-order valence-electron chi connectivity index (χ1n) is 7.79. The Hall–Kier alpha value is -2.87. The summed E-state index contributed by atoms with van der Waals surface area (Å²) in [5.74, 6) is -3.10. The van der Waals surface area contributed by atoms with Crippen molar-refractivity contribution in [3.05, 3.63) is 53.3 Å². The third-order valence-electron chi connectivity index (χ3n) is 3.78.